The Morgan fingerprint density at radius 3 is 2.79 bits per heavy atom. The van der Waals surface area contributed by atoms with Gasteiger partial charge in [-0.3, -0.25) is 4.90 Å². The monoisotopic (exact) mass is 343 g/mol. The summed E-state index contributed by atoms with van der Waals surface area (Å²) in [6.07, 6.45) is 6.59. The highest BCUT2D eigenvalue weighted by atomic mass is 35.5. The van der Waals surface area contributed by atoms with Gasteiger partial charge in [-0.05, 0) is 63.5 Å². The summed E-state index contributed by atoms with van der Waals surface area (Å²) in [5, 5.41) is 2.30. The maximum absolute atomic E-state index is 6.36. The van der Waals surface area contributed by atoms with Gasteiger partial charge < -0.3 is 9.47 Å². The van der Waals surface area contributed by atoms with Crippen LogP contribution in [0.4, 0.5) is 0 Å². The average molecular weight is 344 g/mol. The van der Waals surface area contributed by atoms with Gasteiger partial charge >= 0.3 is 0 Å². The van der Waals surface area contributed by atoms with Crippen molar-refractivity contribution in [2.24, 2.45) is 0 Å². The number of nitrogens with zero attached hydrogens (tertiary/aromatic N) is 3. The van der Waals surface area contributed by atoms with Gasteiger partial charge in [0.15, 0.2) is 0 Å². The van der Waals surface area contributed by atoms with Crippen molar-refractivity contribution in [3.05, 3.63) is 34.5 Å². The third kappa shape index (κ3) is 2.25. The summed E-state index contributed by atoms with van der Waals surface area (Å²) in [4.78, 5) is 5.23. The first-order valence-corrected chi connectivity index (χ1v) is 9.85. The first-order chi connectivity index (χ1) is 11.7. The Hall–Kier alpha value is -1.03. The second-order valence-electron chi connectivity index (χ2n) is 7.84. The molecular formula is C20H26ClN3. The molecule has 3 aliphatic rings. The lowest BCUT2D eigenvalue weighted by molar-refractivity contribution is 0.221. The van der Waals surface area contributed by atoms with Crippen LogP contribution in [-0.4, -0.2) is 47.1 Å². The van der Waals surface area contributed by atoms with E-state index in [-0.39, 0.29) is 0 Å². The van der Waals surface area contributed by atoms with E-state index in [0.717, 1.165) is 17.6 Å². The smallest absolute Gasteiger partial charge is 0.0501 e. The second-order valence-corrected chi connectivity index (χ2v) is 8.28. The summed E-state index contributed by atoms with van der Waals surface area (Å²) in [7, 11) is 2.31. The van der Waals surface area contributed by atoms with Crippen LogP contribution in [0.25, 0.3) is 10.9 Å². The summed E-state index contributed by atoms with van der Waals surface area (Å²) in [6, 6.07) is 7.85. The molecule has 1 aromatic carbocycles. The number of hydrogen-bond donors (Lipinski definition) is 0. The molecule has 0 amide bonds. The van der Waals surface area contributed by atoms with Crippen molar-refractivity contribution < 1.29 is 0 Å². The highest BCUT2D eigenvalue weighted by molar-refractivity contribution is 6.31. The third-order valence-corrected chi connectivity index (χ3v) is 6.85. The minimum Gasteiger partial charge on any atom is -0.343 e. The van der Waals surface area contributed by atoms with E-state index in [0.29, 0.717) is 6.04 Å². The second kappa shape index (κ2) is 5.76. The summed E-state index contributed by atoms with van der Waals surface area (Å²) >= 11 is 6.36. The zero-order chi connectivity index (χ0) is 16.3. The van der Waals surface area contributed by atoms with Crippen LogP contribution in [-0.2, 0) is 13.0 Å². The van der Waals surface area contributed by atoms with E-state index >= 15 is 0 Å². The third-order valence-electron chi connectivity index (χ3n) is 6.62. The molecule has 0 saturated carbocycles. The topological polar surface area (TPSA) is 11.4 Å². The number of likely N-dealkylation sites (tertiary alicyclic amines) is 1. The van der Waals surface area contributed by atoms with Gasteiger partial charge in [0.1, 0.15) is 0 Å². The molecule has 2 bridgehead atoms. The van der Waals surface area contributed by atoms with Crippen LogP contribution in [0.1, 0.15) is 43.0 Å². The Bertz CT molecular complexity index is 775. The molecule has 3 nitrogen and oxygen atoms in total. The van der Waals surface area contributed by atoms with Crippen molar-refractivity contribution in [3.63, 3.8) is 0 Å². The van der Waals surface area contributed by atoms with Crippen molar-refractivity contribution in [2.45, 2.75) is 50.7 Å². The molecule has 1 aromatic heterocycles. The highest BCUT2D eigenvalue weighted by Crippen LogP contribution is 2.47. The fourth-order valence-electron chi connectivity index (χ4n) is 5.33. The van der Waals surface area contributed by atoms with Gasteiger partial charge in [-0.2, -0.15) is 0 Å². The van der Waals surface area contributed by atoms with E-state index < -0.39 is 0 Å². The van der Waals surface area contributed by atoms with Crippen LogP contribution in [0.3, 0.4) is 0 Å². The Labute approximate surface area is 149 Å². The lowest BCUT2D eigenvalue weighted by Crippen LogP contribution is -2.35. The molecule has 4 heteroatoms. The van der Waals surface area contributed by atoms with Crippen LogP contribution >= 0.6 is 11.6 Å². The van der Waals surface area contributed by atoms with Gasteiger partial charge in [0.05, 0.1) is 5.52 Å². The normalized spacial score (nSPS) is 27.2. The molecule has 2 aromatic rings. The molecule has 4 heterocycles. The van der Waals surface area contributed by atoms with Crippen LogP contribution < -0.4 is 0 Å². The minimum absolute atomic E-state index is 0.607. The summed E-state index contributed by atoms with van der Waals surface area (Å²) in [6.45, 7) is 4.83. The highest BCUT2D eigenvalue weighted by Gasteiger charge is 2.40. The summed E-state index contributed by atoms with van der Waals surface area (Å²) < 4.78 is 2.60. The number of aromatic nitrogens is 1. The molecule has 3 aliphatic heterocycles. The number of fused-ring (bicyclic) bond motifs is 6. The van der Waals surface area contributed by atoms with Gasteiger partial charge in [-0.25, -0.2) is 0 Å². The molecule has 0 spiro atoms. The fourth-order valence-corrected chi connectivity index (χ4v) is 5.49. The molecule has 0 N–H and O–H groups in total. The van der Waals surface area contributed by atoms with Crippen molar-refractivity contribution in [1.82, 2.24) is 14.4 Å². The maximum atomic E-state index is 6.36. The van der Waals surface area contributed by atoms with E-state index in [2.05, 4.69) is 39.6 Å². The average Bonchev–Trinajstić information content (AvgIpc) is 3.23. The van der Waals surface area contributed by atoms with Crippen LogP contribution in [0.15, 0.2) is 18.2 Å². The summed E-state index contributed by atoms with van der Waals surface area (Å²) in [5.41, 5.74) is 4.55. The predicted octanol–water partition coefficient (Wildman–Crippen LogP) is 4.08. The molecule has 128 valence electrons. The van der Waals surface area contributed by atoms with Crippen molar-refractivity contribution in [2.75, 3.05) is 26.7 Å². The number of rotatable bonds is 3. The van der Waals surface area contributed by atoms with Crippen LogP contribution in [0, 0.1) is 0 Å². The quantitative estimate of drug-likeness (QED) is 0.831. The van der Waals surface area contributed by atoms with Crippen molar-refractivity contribution in [1.29, 1.82) is 0 Å². The van der Waals surface area contributed by atoms with E-state index in [9.17, 15) is 0 Å². The van der Waals surface area contributed by atoms with Crippen molar-refractivity contribution >= 4 is 22.5 Å². The van der Waals surface area contributed by atoms with E-state index in [1.807, 2.05) is 0 Å². The van der Waals surface area contributed by atoms with Gasteiger partial charge in [0.2, 0.25) is 0 Å². The molecule has 2 saturated heterocycles. The van der Waals surface area contributed by atoms with Gasteiger partial charge in [0.25, 0.3) is 0 Å². The molecule has 2 unspecified atom stereocenters. The number of likely N-dealkylation sites (N-methyl/N-ethyl adjacent to an activating group) is 1. The molecule has 0 radical (unpaired) electrons. The van der Waals surface area contributed by atoms with E-state index in [1.54, 1.807) is 11.3 Å². The Kier molecular flexibility index (Phi) is 3.66. The molecule has 0 aliphatic carbocycles. The first-order valence-electron chi connectivity index (χ1n) is 9.47. The Morgan fingerprint density at radius 1 is 1.12 bits per heavy atom. The van der Waals surface area contributed by atoms with Crippen LogP contribution in [0.2, 0.25) is 5.02 Å². The largest absolute Gasteiger partial charge is 0.343 e. The maximum Gasteiger partial charge on any atom is 0.0501 e. The molecule has 5 rings (SSSR count). The standard InChI is InChI=1S/C20H26ClN3/c1-22-15-5-7-17(22)20-16-6-4-14(21)12-18(16)24(19(20)13-15)11-10-23-8-2-3-9-23/h4,6,12,15,17H,2-3,5,7-11,13H2,1H3. The zero-order valence-electron chi connectivity index (χ0n) is 14.5. The molecule has 2 fully saturated rings. The van der Waals surface area contributed by atoms with Crippen molar-refractivity contribution in [3.8, 4) is 0 Å². The number of halogens is 1. The summed E-state index contributed by atoms with van der Waals surface area (Å²) in [5.74, 6) is 0. The van der Waals surface area contributed by atoms with E-state index in [4.69, 9.17) is 11.6 Å². The molecular weight excluding hydrogens is 318 g/mol. The van der Waals surface area contributed by atoms with Gasteiger partial charge in [-0.1, -0.05) is 17.7 Å². The fraction of sp³-hybridized carbons (Fsp3) is 0.600. The minimum atomic E-state index is 0.607. The SMILES string of the molecule is CN1C2CCC1c1c(n(CCN3CCCC3)c3cc(Cl)ccc13)C2. The predicted molar refractivity (Wildman–Crippen MR) is 99.9 cm³/mol. The lowest BCUT2D eigenvalue weighted by atomic mass is 9.97. The molecule has 24 heavy (non-hydrogen) atoms. The lowest BCUT2D eigenvalue weighted by Gasteiger charge is -2.32. The molecule has 2 atom stereocenters. The Balaban J connectivity index is 1.60. The number of hydrogen-bond acceptors (Lipinski definition) is 2. The van der Waals surface area contributed by atoms with Gasteiger partial charge in [0, 0.05) is 47.7 Å². The number of benzene rings is 1. The van der Waals surface area contributed by atoms with Gasteiger partial charge in [-0.15, -0.1) is 0 Å². The van der Waals surface area contributed by atoms with Crippen LogP contribution in [0.5, 0.6) is 0 Å². The first kappa shape index (κ1) is 15.2. The zero-order valence-corrected chi connectivity index (χ0v) is 15.2. The Morgan fingerprint density at radius 2 is 1.96 bits per heavy atom. The van der Waals surface area contributed by atoms with E-state index in [1.165, 1.54) is 62.6 Å².